The van der Waals surface area contributed by atoms with Crippen molar-refractivity contribution in [2.75, 3.05) is 0 Å². The fourth-order valence-electron chi connectivity index (χ4n) is 7.27. The molecule has 5 nitrogen and oxygen atoms in total. The summed E-state index contributed by atoms with van der Waals surface area (Å²) in [5.74, 6) is 0. The Morgan fingerprint density at radius 1 is 0.619 bits per heavy atom. The minimum Gasteiger partial charge on any atom is -0.375 e. The highest BCUT2D eigenvalue weighted by Crippen LogP contribution is 2.39. The largest absolute Gasteiger partial charge is 0.375 e. The summed E-state index contributed by atoms with van der Waals surface area (Å²) < 4.78 is 4.70. The number of fused-ring (bicyclic) bond motifs is 8. The molecular weight excluding hydrogens is 513 g/mol. The van der Waals surface area contributed by atoms with Crippen LogP contribution in [0.2, 0.25) is 0 Å². The smallest absolute Gasteiger partial charge is 0.332 e. The zero-order valence-electron chi connectivity index (χ0n) is 23.3. The molecule has 0 aliphatic carbocycles. The number of rotatable bonds is 1. The monoisotopic (exact) mass is 535 g/mol. The Morgan fingerprint density at radius 3 is 2.10 bits per heavy atom. The highest BCUT2D eigenvalue weighted by Gasteiger charge is 2.38. The summed E-state index contributed by atoms with van der Waals surface area (Å²) in [7, 11) is 0. The fourth-order valence-corrected chi connectivity index (χ4v) is 7.27. The second-order valence-electron chi connectivity index (χ2n) is 11.3. The van der Waals surface area contributed by atoms with Gasteiger partial charge in [0.15, 0.2) is 0 Å². The summed E-state index contributed by atoms with van der Waals surface area (Å²) >= 11 is 0. The van der Waals surface area contributed by atoms with Crippen LogP contribution < -0.4 is 10.9 Å². The molecule has 0 saturated heterocycles. The molecule has 8 rings (SSSR count). The van der Waals surface area contributed by atoms with Gasteiger partial charge in [-0.3, -0.25) is 0 Å². The van der Waals surface area contributed by atoms with Crippen molar-refractivity contribution in [3.05, 3.63) is 112 Å². The molecule has 42 heavy (non-hydrogen) atoms. The molecule has 1 aliphatic heterocycles. The fraction of sp³-hybridized carbons (Fsp3) is 0.0833. The van der Waals surface area contributed by atoms with Crippen LogP contribution in [0.3, 0.4) is 0 Å². The van der Waals surface area contributed by atoms with Gasteiger partial charge in [0.25, 0.3) is 0 Å². The summed E-state index contributed by atoms with van der Waals surface area (Å²) in [6, 6.07) is 33.9. The van der Waals surface area contributed by atoms with E-state index in [2.05, 4.69) is 95.7 Å². The minimum atomic E-state index is -0.241. The van der Waals surface area contributed by atoms with Gasteiger partial charge in [-0.05, 0) is 79.2 Å². The molecule has 0 fully saturated rings. The Balaban J connectivity index is 1.65. The molecule has 6 heteroatoms. The maximum absolute atomic E-state index is 10.4. The van der Waals surface area contributed by atoms with Crippen LogP contribution in [0.25, 0.3) is 49.3 Å². The summed E-state index contributed by atoms with van der Waals surface area (Å²) in [6.07, 6.45) is 0. The third-order valence-corrected chi connectivity index (χ3v) is 8.91. The van der Waals surface area contributed by atoms with Crippen molar-refractivity contribution in [3.63, 3.8) is 0 Å². The van der Waals surface area contributed by atoms with E-state index in [0.717, 1.165) is 44.1 Å². The van der Waals surface area contributed by atoms with Crippen LogP contribution in [-0.2, 0) is 0 Å². The van der Waals surface area contributed by atoms with Gasteiger partial charge in [-0.25, -0.2) is 0 Å². The quantitative estimate of drug-likeness (QED) is 0.228. The van der Waals surface area contributed by atoms with Gasteiger partial charge in [0, 0.05) is 32.7 Å². The van der Waals surface area contributed by atoms with Gasteiger partial charge in [-0.2, -0.15) is 15.8 Å². The molecule has 0 saturated carbocycles. The molecule has 0 atom stereocenters. The molecular formula is C36H22BN5. The number of hydrogen-bond donors (Lipinski definition) is 0. The van der Waals surface area contributed by atoms with Crippen molar-refractivity contribution in [2.24, 2.45) is 0 Å². The van der Waals surface area contributed by atoms with Crippen molar-refractivity contribution in [2.45, 2.75) is 20.8 Å². The van der Waals surface area contributed by atoms with E-state index in [1.807, 2.05) is 25.1 Å². The summed E-state index contributed by atoms with van der Waals surface area (Å²) in [6.45, 7) is 6.08. The van der Waals surface area contributed by atoms with E-state index in [9.17, 15) is 15.8 Å². The minimum absolute atomic E-state index is 0.241. The van der Waals surface area contributed by atoms with Crippen molar-refractivity contribution >= 4 is 61.4 Å². The first kappa shape index (κ1) is 24.1. The lowest BCUT2D eigenvalue weighted by Gasteiger charge is -2.30. The van der Waals surface area contributed by atoms with Crippen molar-refractivity contribution in [1.82, 2.24) is 9.05 Å². The van der Waals surface area contributed by atoms with Gasteiger partial charge in [-0.15, -0.1) is 0 Å². The molecule has 3 heterocycles. The summed E-state index contributed by atoms with van der Waals surface area (Å²) in [5, 5.41) is 34.2. The Kier molecular flexibility index (Phi) is 4.80. The van der Waals surface area contributed by atoms with E-state index in [1.54, 1.807) is 6.07 Å². The lowest BCUT2D eigenvalue weighted by Crippen LogP contribution is -2.54. The number of aryl methyl sites for hydroxylation is 3. The number of para-hydroxylation sites is 1. The second-order valence-corrected chi connectivity index (χ2v) is 11.3. The molecule has 0 bridgehead atoms. The zero-order valence-corrected chi connectivity index (χ0v) is 23.3. The van der Waals surface area contributed by atoms with Crippen LogP contribution in [0, 0.1) is 54.8 Å². The predicted molar refractivity (Wildman–Crippen MR) is 169 cm³/mol. The first-order valence-corrected chi connectivity index (χ1v) is 13.9. The highest BCUT2D eigenvalue weighted by molar-refractivity contribution is 6.88. The molecule has 194 valence electrons. The van der Waals surface area contributed by atoms with E-state index < -0.39 is 0 Å². The van der Waals surface area contributed by atoms with Crippen LogP contribution in [0.15, 0.2) is 78.9 Å². The molecule has 0 N–H and O–H groups in total. The molecule has 7 aromatic rings. The maximum Gasteiger partial charge on any atom is 0.332 e. The topological polar surface area (TPSA) is 81.2 Å². The van der Waals surface area contributed by atoms with E-state index in [-0.39, 0.29) is 6.85 Å². The molecule has 0 spiro atoms. The van der Waals surface area contributed by atoms with Crippen LogP contribution >= 0.6 is 0 Å². The van der Waals surface area contributed by atoms with Crippen molar-refractivity contribution in [1.29, 1.82) is 15.8 Å². The van der Waals surface area contributed by atoms with Crippen LogP contribution in [0.1, 0.15) is 33.4 Å². The lowest BCUT2D eigenvalue weighted by molar-refractivity contribution is 1.17. The van der Waals surface area contributed by atoms with Crippen molar-refractivity contribution in [3.8, 4) is 23.9 Å². The van der Waals surface area contributed by atoms with Gasteiger partial charge in [0.05, 0.1) is 45.4 Å². The van der Waals surface area contributed by atoms with Crippen LogP contribution in [0.4, 0.5) is 0 Å². The number of nitriles is 3. The molecule has 2 aromatic heterocycles. The Bertz CT molecular complexity index is 2490. The maximum atomic E-state index is 10.4. The third-order valence-electron chi connectivity index (χ3n) is 8.91. The first-order valence-electron chi connectivity index (χ1n) is 13.9. The van der Waals surface area contributed by atoms with E-state index >= 15 is 0 Å². The SMILES string of the molecule is Cc1ccc2c3ccc(C)c4c3n(c2c1)-c1ccccc1B4n1c2c(C)cc(C#N)cc2c2cc(C#N)cc(C#N)c21. The Labute approximate surface area is 242 Å². The number of aromatic nitrogens is 2. The predicted octanol–water partition coefficient (Wildman–Crippen LogP) is 6.40. The highest BCUT2D eigenvalue weighted by atomic mass is 15.0. The van der Waals surface area contributed by atoms with E-state index in [1.165, 1.54) is 32.8 Å². The normalized spacial score (nSPS) is 12.0. The molecule has 0 radical (unpaired) electrons. The number of benzene rings is 5. The summed E-state index contributed by atoms with van der Waals surface area (Å²) in [4.78, 5) is 0. The first-order chi connectivity index (χ1) is 20.4. The van der Waals surface area contributed by atoms with E-state index in [4.69, 9.17) is 0 Å². The Morgan fingerprint density at radius 2 is 1.33 bits per heavy atom. The van der Waals surface area contributed by atoms with Gasteiger partial charge < -0.3 is 9.05 Å². The average Bonchev–Trinajstić information content (AvgIpc) is 3.51. The molecule has 5 aromatic carbocycles. The van der Waals surface area contributed by atoms with E-state index in [0.29, 0.717) is 16.7 Å². The van der Waals surface area contributed by atoms with Crippen LogP contribution in [-0.4, -0.2) is 15.9 Å². The third kappa shape index (κ3) is 2.95. The van der Waals surface area contributed by atoms with Gasteiger partial charge in [-0.1, -0.05) is 48.0 Å². The number of hydrogen-bond acceptors (Lipinski definition) is 3. The van der Waals surface area contributed by atoms with Gasteiger partial charge in [0.2, 0.25) is 0 Å². The van der Waals surface area contributed by atoms with Crippen LogP contribution in [0.5, 0.6) is 0 Å². The zero-order chi connectivity index (χ0) is 28.9. The average molecular weight is 535 g/mol. The summed E-state index contributed by atoms with van der Waals surface area (Å²) in [5.41, 5.74) is 12.3. The molecule has 0 amide bonds. The Hall–Kier alpha value is -5.77. The van der Waals surface area contributed by atoms with Crippen molar-refractivity contribution < 1.29 is 0 Å². The van der Waals surface area contributed by atoms with Gasteiger partial charge in [0.1, 0.15) is 6.07 Å². The second kappa shape index (κ2) is 8.37. The van der Waals surface area contributed by atoms with Gasteiger partial charge >= 0.3 is 6.85 Å². The molecule has 1 aliphatic rings. The number of nitrogens with zero attached hydrogens (tertiary/aromatic N) is 5. The molecule has 0 unspecified atom stereocenters. The standard InChI is InChI=1S/C36H22BN5/c1-20-8-10-26-27-11-9-21(2)33-36(27)41(32(26)12-20)31-7-5-4-6-30(31)37(33)42-34-22(3)13-23(17-38)15-28(34)29-16-24(18-39)14-25(19-40)35(29)42/h4-16H,1-3H3. The lowest BCUT2D eigenvalue weighted by atomic mass is 9.47.